The van der Waals surface area contributed by atoms with Crippen LogP contribution in [0.3, 0.4) is 0 Å². The first kappa shape index (κ1) is 16.3. The molecule has 0 aromatic carbocycles. The zero-order valence-electron chi connectivity index (χ0n) is 13.9. The average molecular weight is 281 g/mol. The Morgan fingerprint density at radius 1 is 1.10 bits per heavy atom. The van der Waals surface area contributed by atoms with Crippen LogP contribution in [0.25, 0.3) is 0 Å². The number of piperazine rings is 1. The highest BCUT2D eigenvalue weighted by molar-refractivity contribution is 4.97. The Labute approximate surface area is 125 Å². The summed E-state index contributed by atoms with van der Waals surface area (Å²) in [6.45, 7) is 14.0. The standard InChI is InChI=1S/C17H35N3/c1-4-16-5-7-17(14-18,8-6-16)20-11-9-19(10-12-20)13-15(2)3/h15-16H,4-14,18H2,1-3H3. The fourth-order valence-electron chi connectivity index (χ4n) is 4.19. The Morgan fingerprint density at radius 2 is 1.70 bits per heavy atom. The molecule has 3 heteroatoms. The van der Waals surface area contributed by atoms with Crippen LogP contribution < -0.4 is 5.73 Å². The molecule has 118 valence electrons. The monoisotopic (exact) mass is 281 g/mol. The molecule has 2 N–H and O–H groups in total. The van der Waals surface area contributed by atoms with E-state index < -0.39 is 0 Å². The summed E-state index contributed by atoms with van der Waals surface area (Å²) in [6, 6.07) is 0. The molecule has 0 aromatic heterocycles. The fraction of sp³-hybridized carbons (Fsp3) is 1.00. The van der Waals surface area contributed by atoms with Crippen molar-refractivity contribution in [3.63, 3.8) is 0 Å². The molecule has 2 fully saturated rings. The van der Waals surface area contributed by atoms with Gasteiger partial charge < -0.3 is 10.6 Å². The molecule has 0 unspecified atom stereocenters. The van der Waals surface area contributed by atoms with Crippen LogP contribution >= 0.6 is 0 Å². The minimum Gasteiger partial charge on any atom is -0.329 e. The normalized spacial score (nSPS) is 33.8. The van der Waals surface area contributed by atoms with Gasteiger partial charge in [0.2, 0.25) is 0 Å². The van der Waals surface area contributed by atoms with Crippen molar-refractivity contribution >= 4 is 0 Å². The maximum Gasteiger partial charge on any atom is 0.0333 e. The molecule has 0 bridgehead atoms. The van der Waals surface area contributed by atoms with E-state index in [1.165, 1.54) is 64.8 Å². The van der Waals surface area contributed by atoms with Gasteiger partial charge in [0, 0.05) is 44.8 Å². The maximum absolute atomic E-state index is 6.22. The van der Waals surface area contributed by atoms with Gasteiger partial charge in [-0.1, -0.05) is 27.2 Å². The lowest BCUT2D eigenvalue weighted by atomic mass is 9.74. The molecule has 0 aromatic rings. The molecule has 3 nitrogen and oxygen atoms in total. The van der Waals surface area contributed by atoms with Crippen LogP contribution in [0.1, 0.15) is 52.9 Å². The molecule has 1 aliphatic heterocycles. The zero-order chi connectivity index (χ0) is 14.6. The first-order chi connectivity index (χ1) is 9.59. The summed E-state index contributed by atoms with van der Waals surface area (Å²) in [5, 5.41) is 0. The number of hydrogen-bond donors (Lipinski definition) is 1. The Hall–Kier alpha value is -0.120. The average Bonchev–Trinajstić information content (AvgIpc) is 2.47. The van der Waals surface area contributed by atoms with Crippen LogP contribution in [0.4, 0.5) is 0 Å². The zero-order valence-corrected chi connectivity index (χ0v) is 13.9. The lowest BCUT2D eigenvalue weighted by molar-refractivity contribution is 0.00111. The highest BCUT2D eigenvalue weighted by Crippen LogP contribution is 2.37. The van der Waals surface area contributed by atoms with Gasteiger partial charge in [-0.2, -0.15) is 0 Å². The third kappa shape index (κ3) is 3.75. The number of nitrogens with zero attached hydrogens (tertiary/aromatic N) is 2. The second kappa shape index (κ2) is 7.24. The van der Waals surface area contributed by atoms with E-state index in [-0.39, 0.29) is 0 Å². The van der Waals surface area contributed by atoms with E-state index in [9.17, 15) is 0 Å². The predicted octanol–water partition coefficient (Wildman–Crippen LogP) is 2.56. The fourth-order valence-corrected chi connectivity index (χ4v) is 4.19. The molecule has 0 radical (unpaired) electrons. The molecular weight excluding hydrogens is 246 g/mol. The predicted molar refractivity (Wildman–Crippen MR) is 86.9 cm³/mol. The molecule has 1 aliphatic carbocycles. The molecule has 1 saturated carbocycles. The van der Waals surface area contributed by atoms with Gasteiger partial charge in [-0.05, 0) is 37.5 Å². The Bertz CT molecular complexity index is 274. The number of hydrogen-bond acceptors (Lipinski definition) is 3. The van der Waals surface area contributed by atoms with Crippen molar-refractivity contribution in [1.29, 1.82) is 0 Å². The molecule has 0 spiro atoms. The summed E-state index contributed by atoms with van der Waals surface area (Å²) < 4.78 is 0. The molecule has 0 amide bonds. The highest BCUT2D eigenvalue weighted by atomic mass is 15.3. The summed E-state index contributed by atoms with van der Waals surface area (Å²) >= 11 is 0. The van der Waals surface area contributed by atoms with Gasteiger partial charge in [-0.15, -0.1) is 0 Å². The quantitative estimate of drug-likeness (QED) is 0.840. The van der Waals surface area contributed by atoms with E-state index in [0.29, 0.717) is 5.54 Å². The second-order valence-electron chi connectivity index (χ2n) is 7.46. The van der Waals surface area contributed by atoms with Gasteiger partial charge in [0.05, 0.1) is 0 Å². The van der Waals surface area contributed by atoms with Crippen LogP contribution in [-0.2, 0) is 0 Å². The van der Waals surface area contributed by atoms with Crippen molar-refractivity contribution in [3.8, 4) is 0 Å². The third-order valence-corrected chi connectivity index (χ3v) is 5.66. The minimum atomic E-state index is 0.329. The smallest absolute Gasteiger partial charge is 0.0333 e. The first-order valence-corrected chi connectivity index (χ1v) is 8.77. The van der Waals surface area contributed by atoms with Crippen LogP contribution in [0.15, 0.2) is 0 Å². The van der Waals surface area contributed by atoms with Gasteiger partial charge >= 0.3 is 0 Å². The largest absolute Gasteiger partial charge is 0.329 e. The van der Waals surface area contributed by atoms with Crippen LogP contribution in [0.2, 0.25) is 0 Å². The Balaban J connectivity index is 1.87. The van der Waals surface area contributed by atoms with Crippen molar-refractivity contribution in [2.75, 3.05) is 39.3 Å². The van der Waals surface area contributed by atoms with Gasteiger partial charge in [-0.3, -0.25) is 4.90 Å². The van der Waals surface area contributed by atoms with Gasteiger partial charge in [0.25, 0.3) is 0 Å². The summed E-state index contributed by atoms with van der Waals surface area (Å²) in [6.07, 6.45) is 6.78. The Kier molecular flexibility index (Phi) is 5.88. The van der Waals surface area contributed by atoms with E-state index in [0.717, 1.165) is 18.4 Å². The molecular formula is C17H35N3. The second-order valence-corrected chi connectivity index (χ2v) is 7.46. The maximum atomic E-state index is 6.22. The van der Waals surface area contributed by atoms with E-state index in [1.54, 1.807) is 0 Å². The Morgan fingerprint density at radius 3 is 2.15 bits per heavy atom. The van der Waals surface area contributed by atoms with Crippen molar-refractivity contribution in [1.82, 2.24) is 9.80 Å². The number of rotatable bonds is 5. The molecule has 1 heterocycles. The summed E-state index contributed by atoms with van der Waals surface area (Å²) in [5.74, 6) is 1.74. The molecule has 1 saturated heterocycles. The summed E-state index contributed by atoms with van der Waals surface area (Å²) in [4.78, 5) is 5.36. The summed E-state index contributed by atoms with van der Waals surface area (Å²) in [7, 11) is 0. The lowest BCUT2D eigenvalue weighted by Gasteiger charge is -2.50. The van der Waals surface area contributed by atoms with E-state index in [1.807, 2.05) is 0 Å². The van der Waals surface area contributed by atoms with Crippen LogP contribution in [-0.4, -0.2) is 54.6 Å². The van der Waals surface area contributed by atoms with E-state index in [2.05, 4.69) is 30.6 Å². The van der Waals surface area contributed by atoms with Gasteiger partial charge in [0.1, 0.15) is 0 Å². The van der Waals surface area contributed by atoms with Gasteiger partial charge in [0.15, 0.2) is 0 Å². The highest BCUT2D eigenvalue weighted by Gasteiger charge is 2.39. The van der Waals surface area contributed by atoms with E-state index in [4.69, 9.17) is 5.73 Å². The lowest BCUT2D eigenvalue weighted by Crippen LogP contribution is -2.61. The van der Waals surface area contributed by atoms with Crippen molar-refractivity contribution in [2.24, 2.45) is 17.6 Å². The molecule has 2 aliphatic rings. The summed E-state index contributed by atoms with van der Waals surface area (Å²) in [5.41, 5.74) is 6.55. The van der Waals surface area contributed by atoms with Gasteiger partial charge in [-0.25, -0.2) is 0 Å². The van der Waals surface area contributed by atoms with Crippen LogP contribution in [0.5, 0.6) is 0 Å². The van der Waals surface area contributed by atoms with Crippen molar-refractivity contribution in [2.45, 2.75) is 58.4 Å². The first-order valence-electron chi connectivity index (χ1n) is 8.77. The van der Waals surface area contributed by atoms with Crippen molar-refractivity contribution < 1.29 is 0 Å². The molecule has 20 heavy (non-hydrogen) atoms. The van der Waals surface area contributed by atoms with Crippen LogP contribution in [0, 0.1) is 11.8 Å². The molecule has 2 rings (SSSR count). The SMILES string of the molecule is CCC1CCC(CN)(N2CCN(CC(C)C)CC2)CC1. The van der Waals surface area contributed by atoms with E-state index >= 15 is 0 Å². The minimum absolute atomic E-state index is 0.329. The number of nitrogens with two attached hydrogens (primary N) is 1. The van der Waals surface area contributed by atoms with Crippen molar-refractivity contribution in [3.05, 3.63) is 0 Å². The molecule has 0 atom stereocenters. The third-order valence-electron chi connectivity index (χ3n) is 5.66. The topological polar surface area (TPSA) is 32.5 Å².